The first-order valence-corrected chi connectivity index (χ1v) is 12.7. The Morgan fingerprint density at radius 2 is 1.77 bits per heavy atom. The highest BCUT2D eigenvalue weighted by Crippen LogP contribution is 2.35. The monoisotopic (exact) mass is 439 g/mol. The lowest BCUT2D eigenvalue weighted by Gasteiger charge is -2.30. The van der Waals surface area contributed by atoms with E-state index in [0.29, 0.717) is 38.0 Å². The molecule has 30 heavy (non-hydrogen) atoms. The van der Waals surface area contributed by atoms with Gasteiger partial charge in [-0.3, -0.25) is 9.58 Å². The first kappa shape index (κ1) is 21.6. The van der Waals surface area contributed by atoms with Gasteiger partial charge in [-0.1, -0.05) is 0 Å². The van der Waals surface area contributed by atoms with Crippen molar-refractivity contribution in [3.8, 4) is 0 Å². The van der Waals surface area contributed by atoms with E-state index in [1.165, 1.54) is 11.8 Å². The minimum atomic E-state index is -3.13. The molecule has 1 N–H and O–H groups in total. The summed E-state index contributed by atoms with van der Waals surface area (Å²) in [7, 11) is -3.13. The van der Waals surface area contributed by atoms with E-state index in [4.69, 9.17) is 5.10 Å². The molecule has 2 atom stereocenters. The van der Waals surface area contributed by atoms with Crippen molar-refractivity contribution in [3.05, 3.63) is 17.5 Å². The average molecular weight is 440 g/mol. The Morgan fingerprint density at radius 3 is 2.27 bits per heavy atom. The predicted molar refractivity (Wildman–Crippen MR) is 113 cm³/mol. The van der Waals surface area contributed by atoms with E-state index in [9.17, 15) is 18.3 Å². The van der Waals surface area contributed by atoms with Crippen molar-refractivity contribution in [3.63, 3.8) is 0 Å². The lowest BCUT2D eigenvalue weighted by atomic mass is 9.92. The summed E-state index contributed by atoms with van der Waals surface area (Å²) in [5, 5.41) is 14.1. The number of sulfonamides is 1. The van der Waals surface area contributed by atoms with Crippen LogP contribution in [-0.2, 0) is 16.6 Å². The molecule has 1 aromatic heterocycles. The molecule has 9 nitrogen and oxygen atoms in total. The number of aromatic nitrogens is 2. The summed E-state index contributed by atoms with van der Waals surface area (Å²) in [5.41, 5.74) is 2.35. The van der Waals surface area contributed by atoms with Gasteiger partial charge in [0.25, 0.3) is 0 Å². The largest absolute Gasteiger partial charge is 0.465 e. The number of carbonyl (C=O) groups is 1. The highest BCUT2D eigenvalue weighted by molar-refractivity contribution is 7.88. The van der Waals surface area contributed by atoms with Gasteiger partial charge < -0.3 is 10.0 Å². The number of piperidine rings is 1. The van der Waals surface area contributed by atoms with Gasteiger partial charge in [-0.15, -0.1) is 0 Å². The number of rotatable bonds is 5. The van der Waals surface area contributed by atoms with Crippen LogP contribution in [0.1, 0.15) is 49.9 Å². The summed E-state index contributed by atoms with van der Waals surface area (Å²) in [6.07, 6.45) is 4.22. The third-order valence-corrected chi connectivity index (χ3v) is 8.21. The molecule has 1 aromatic rings. The molecule has 0 radical (unpaired) electrons. The second kappa shape index (κ2) is 8.12. The standard InChI is InChI=1S/C20H33N5O4S/c1-14(2)25-13-18(10-22-8-16-11-23(20(26)27)12-17(16)9-22)19(21-25)15-4-6-24(7-5-15)30(3,28)29/h13-17H,4-12H2,1-3H3,(H,26,27). The predicted octanol–water partition coefficient (Wildman–Crippen LogP) is 1.64. The molecule has 2 unspecified atom stereocenters. The fourth-order valence-electron chi connectivity index (χ4n) is 5.25. The first-order chi connectivity index (χ1) is 14.1. The van der Waals surface area contributed by atoms with Crippen molar-refractivity contribution < 1.29 is 18.3 Å². The highest BCUT2D eigenvalue weighted by Gasteiger charge is 2.42. The van der Waals surface area contributed by atoms with Crippen LogP contribution >= 0.6 is 0 Å². The second-order valence-corrected chi connectivity index (χ2v) is 11.4. The molecule has 168 valence electrons. The number of fused-ring (bicyclic) bond motifs is 1. The molecule has 10 heteroatoms. The fraction of sp³-hybridized carbons (Fsp3) is 0.800. The summed E-state index contributed by atoms with van der Waals surface area (Å²) in [6, 6.07) is 0.274. The van der Waals surface area contributed by atoms with Crippen LogP contribution in [0.15, 0.2) is 6.20 Å². The van der Waals surface area contributed by atoms with Gasteiger partial charge in [0.15, 0.2) is 0 Å². The Morgan fingerprint density at radius 1 is 1.17 bits per heavy atom. The van der Waals surface area contributed by atoms with Crippen LogP contribution in [0.2, 0.25) is 0 Å². The zero-order chi connectivity index (χ0) is 21.6. The van der Waals surface area contributed by atoms with Crippen molar-refractivity contribution in [2.45, 2.75) is 45.2 Å². The average Bonchev–Trinajstić information content (AvgIpc) is 3.34. The third kappa shape index (κ3) is 4.36. The Kier molecular flexibility index (Phi) is 5.84. The van der Waals surface area contributed by atoms with Crippen molar-refractivity contribution in [1.82, 2.24) is 23.9 Å². The van der Waals surface area contributed by atoms with Gasteiger partial charge in [0.05, 0.1) is 11.9 Å². The summed E-state index contributed by atoms with van der Waals surface area (Å²) < 4.78 is 27.3. The van der Waals surface area contributed by atoms with Gasteiger partial charge in [-0.25, -0.2) is 17.5 Å². The van der Waals surface area contributed by atoms with E-state index in [1.807, 2.05) is 4.68 Å². The van der Waals surface area contributed by atoms with Crippen LogP contribution in [0, 0.1) is 11.8 Å². The molecule has 1 amide bonds. The molecule has 4 rings (SSSR count). The zero-order valence-corrected chi connectivity index (χ0v) is 18.9. The van der Waals surface area contributed by atoms with Gasteiger partial charge in [-0.05, 0) is 38.5 Å². The Labute approximate surface area is 178 Å². The van der Waals surface area contributed by atoms with Gasteiger partial charge in [0, 0.05) is 69.5 Å². The summed E-state index contributed by atoms with van der Waals surface area (Å²) in [5.74, 6) is 1.12. The van der Waals surface area contributed by atoms with E-state index >= 15 is 0 Å². The van der Waals surface area contributed by atoms with Crippen LogP contribution in [0.4, 0.5) is 4.79 Å². The highest BCUT2D eigenvalue weighted by atomic mass is 32.2. The van der Waals surface area contributed by atoms with Crippen molar-refractivity contribution in [2.24, 2.45) is 11.8 Å². The lowest BCUT2D eigenvalue weighted by molar-refractivity contribution is 0.148. The van der Waals surface area contributed by atoms with Crippen LogP contribution in [0.5, 0.6) is 0 Å². The maximum Gasteiger partial charge on any atom is 0.407 e. The molecule has 0 bridgehead atoms. The molecule has 3 saturated heterocycles. The number of amides is 1. The van der Waals surface area contributed by atoms with Gasteiger partial charge in [-0.2, -0.15) is 5.10 Å². The van der Waals surface area contributed by atoms with E-state index in [2.05, 4.69) is 24.9 Å². The summed E-state index contributed by atoms with van der Waals surface area (Å²) >= 11 is 0. The van der Waals surface area contributed by atoms with Crippen LogP contribution in [0.3, 0.4) is 0 Å². The van der Waals surface area contributed by atoms with Crippen molar-refractivity contribution in [1.29, 1.82) is 0 Å². The maximum absolute atomic E-state index is 11.8. The number of hydrogen-bond acceptors (Lipinski definition) is 5. The Bertz CT molecular complexity index is 877. The van der Waals surface area contributed by atoms with Crippen LogP contribution < -0.4 is 0 Å². The molecular weight excluding hydrogens is 406 g/mol. The van der Waals surface area contributed by atoms with Crippen LogP contribution in [-0.4, -0.2) is 89.0 Å². The van der Waals surface area contributed by atoms with Gasteiger partial charge in [0.2, 0.25) is 10.0 Å². The number of nitrogens with zero attached hydrogens (tertiary/aromatic N) is 5. The molecule has 0 aromatic carbocycles. The fourth-order valence-corrected chi connectivity index (χ4v) is 6.12. The molecule has 0 aliphatic carbocycles. The minimum absolute atomic E-state index is 0.274. The second-order valence-electron chi connectivity index (χ2n) is 9.45. The van der Waals surface area contributed by atoms with E-state index < -0.39 is 16.1 Å². The molecular formula is C20H33N5O4S. The van der Waals surface area contributed by atoms with Crippen molar-refractivity contribution in [2.75, 3.05) is 45.5 Å². The topological polar surface area (TPSA) is 99.0 Å². The zero-order valence-electron chi connectivity index (χ0n) is 18.1. The third-order valence-electron chi connectivity index (χ3n) is 6.91. The Hall–Kier alpha value is -1.65. The summed E-state index contributed by atoms with van der Waals surface area (Å²) in [6.45, 7) is 9.29. The van der Waals surface area contributed by atoms with Crippen molar-refractivity contribution >= 4 is 16.1 Å². The lowest BCUT2D eigenvalue weighted by Crippen LogP contribution is -2.37. The Balaban J connectivity index is 1.45. The van der Waals surface area contributed by atoms with Gasteiger partial charge in [0.1, 0.15) is 0 Å². The SMILES string of the molecule is CC(C)n1cc(CN2CC3CN(C(=O)O)CC3C2)c(C2CCN(S(C)(=O)=O)CC2)n1. The van der Waals surface area contributed by atoms with E-state index in [0.717, 1.165) is 38.2 Å². The number of carboxylic acid groups (broad SMARTS) is 1. The molecule has 3 aliphatic rings. The number of hydrogen-bond donors (Lipinski definition) is 1. The van der Waals surface area contributed by atoms with E-state index in [-0.39, 0.29) is 12.0 Å². The van der Waals surface area contributed by atoms with Crippen LogP contribution in [0.25, 0.3) is 0 Å². The molecule has 0 saturated carbocycles. The molecule has 3 aliphatic heterocycles. The van der Waals surface area contributed by atoms with E-state index in [1.54, 1.807) is 9.21 Å². The maximum atomic E-state index is 11.8. The summed E-state index contributed by atoms with van der Waals surface area (Å²) in [4.78, 5) is 15.2. The number of likely N-dealkylation sites (tertiary alicyclic amines) is 2. The smallest absolute Gasteiger partial charge is 0.407 e. The minimum Gasteiger partial charge on any atom is -0.465 e. The molecule has 0 spiro atoms. The quantitative estimate of drug-likeness (QED) is 0.749. The normalized spacial score (nSPS) is 26.6. The van der Waals surface area contributed by atoms with Gasteiger partial charge >= 0.3 is 6.09 Å². The first-order valence-electron chi connectivity index (χ1n) is 10.8. The molecule has 4 heterocycles. The molecule has 3 fully saturated rings.